The largest absolute Gasteiger partial charge is 0.456 e. The smallest absolute Gasteiger partial charge is 0.383 e. The molecule has 0 atom stereocenters. The summed E-state index contributed by atoms with van der Waals surface area (Å²) >= 11 is 0. The van der Waals surface area contributed by atoms with Gasteiger partial charge in [0.1, 0.15) is 8.07 Å². The summed E-state index contributed by atoms with van der Waals surface area (Å²) in [4.78, 5) is 11.0. The fraction of sp³-hybridized carbons (Fsp3) is 0.727. The van der Waals surface area contributed by atoms with Crippen LogP contribution in [0.4, 0.5) is 0 Å². The maximum absolute atomic E-state index is 11.0. The second-order valence-electron chi connectivity index (χ2n) is 4.85. The monoisotopic (exact) mass is 212 g/mol. The molecule has 0 aromatic carbocycles. The van der Waals surface area contributed by atoms with Gasteiger partial charge in [0.15, 0.2) is 0 Å². The van der Waals surface area contributed by atoms with Crippen molar-refractivity contribution in [2.45, 2.75) is 45.8 Å². The van der Waals surface area contributed by atoms with Crippen molar-refractivity contribution in [1.82, 2.24) is 0 Å². The van der Waals surface area contributed by atoms with Crippen LogP contribution < -0.4 is 0 Å². The number of esters is 1. The summed E-state index contributed by atoms with van der Waals surface area (Å²) in [5.41, 5.74) is 3.10. The lowest BCUT2D eigenvalue weighted by molar-refractivity contribution is -0.136. The Bertz CT molecular complexity index is 263. The second-order valence-corrected chi connectivity index (χ2v) is 9.85. The standard InChI is InChI=1S/C11H20O2Si/c1-7-13-10(12)8-9-14(5,6)11(2,3)4/h7H2,1-6H3. The quantitative estimate of drug-likeness (QED) is 0.379. The summed E-state index contributed by atoms with van der Waals surface area (Å²) < 4.78 is 4.76. The molecule has 0 spiro atoms. The van der Waals surface area contributed by atoms with Crippen molar-refractivity contribution in [3.05, 3.63) is 0 Å². The molecular formula is C11H20O2Si. The van der Waals surface area contributed by atoms with Gasteiger partial charge in [0.25, 0.3) is 0 Å². The fourth-order valence-electron chi connectivity index (χ4n) is 0.562. The van der Waals surface area contributed by atoms with Crippen molar-refractivity contribution in [2.24, 2.45) is 0 Å². The highest BCUT2D eigenvalue weighted by Crippen LogP contribution is 2.34. The maximum Gasteiger partial charge on any atom is 0.383 e. The molecule has 0 aromatic rings. The summed E-state index contributed by atoms with van der Waals surface area (Å²) in [5, 5.41) is 0.187. The molecule has 3 heteroatoms. The van der Waals surface area contributed by atoms with E-state index in [1.807, 2.05) is 0 Å². The molecule has 0 aliphatic rings. The van der Waals surface area contributed by atoms with E-state index in [4.69, 9.17) is 4.74 Å². The Morgan fingerprint density at radius 2 is 1.86 bits per heavy atom. The average molecular weight is 212 g/mol. The lowest BCUT2D eigenvalue weighted by Crippen LogP contribution is -2.35. The molecule has 0 rings (SSSR count). The summed E-state index contributed by atoms with van der Waals surface area (Å²) in [7, 11) is -1.66. The van der Waals surface area contributed by atoms with Gasteiger partial charge < -0.3 is 4.74 Å². The number of rotatable bonds is 1. The second kappa shape index (κ2) is 4.65. The highest BCUT2D eigenvalue weighted by molar-refractivity contribution is 6.87. The SMILES string of the molecule is CCOC(=O)C#C[Si](C)(C)C(C)(C)C. The Balaban J connectivity index is 4.57. The topological polar surface area (TPSA) is 26.3 Å². The van der Waals surface area contributed by atoms with Crippen LogP contribution in [0.5, 0.6) is 0 Å². The van der Waals surface area contributed by atoms with Crippen molar-refractivity contribution < 1.29 is 9.53 Å². The van der Waals surface area contributed by atoms with Crippen LogP contribution in [0, 0.1) is 11.5 Å². The Labute approximate surface area is 88.0 Å². The van der Waals surface area contributed by atoms with E-state index in [-0.39, 0.29) is 5.04 Å². The van der Waals surface area contributed by atoms with E-state index in [0.29, 0.717) is 6.61 Å². The predicted octanol–water partition coefficient (Wildman–Crippen LogP) is 2.60. The Morgan fingerprint density at radius 1 is 1.36 bits per heavy atom. The van der Waals surface area contributed by atoms with Gasteiger partial charge >= 0.3 is 5.97 Å². The third-order valence-corrected chi connectivity index (χ3v) is 7.13. The Kier molecular flexibility index (Phi) is 4.40. The molecule has 14 heavy (non-hydrogen) atoms. The lowest BCUT2D eigenvalue weighted by Gasteiger charge is -2.31. The third kappa shape index (κ3) is 3.97. The van der Waals surface area contributed by atoms with Gasteiger partial charge in [-0.05, 0) is 12.0 Å². The molecule has 0 aromatic heterocycles. The number of ether oxygens (including phenoxy) is 1. The van der Waals surface area contributed by atoms with E-state index in [1.165, 1.54) is 0 Å². The molecule has 80 valence electrons. The van der Waals surface area contributed by atoms with Crippen LogP contribution in [-0.2, 0) is 9.53 Å². The van der Waals surface area contributed by atoms with Crippen molar-refractivity contribution in [1.29, 1.82) is 0 Å². The normalized spacial score (nSPS) is 11.6. The number of hydrogen-bond donors (Lipinski definition) is 0. The minimum Gasteiger partial charge on any atom is -0.456 e. The molecule has 0 bridgehead atoms. The minimum atomic E-state index is -1.66. The van der Waals surface area contributed by atoms with E-state index in [9.17, 15) is 4.79 Å². The average Bonchev–Trinajstić information content (AvgIpc) is 1.99. The zero-order valence-corrected chi connectivity index (χ0v) is 11.0. The van der Waals surface area contributed by atoms with Crippen LogP contribution in [0.25, 0.3) is 0 Å². The van der Waals surface area contributed by atoms with Crippen molar-refractivity contribution in [2.75, 3.05) is 6.61 Å². The molecule has 0 radical (unpaired) electrons. The Morgan fingerprint density at radius 3 is 2.21 bits per heavy atom. The maximum atomic E-state index is 11.0. The van der Waals surface area contributed by atoms with Crippen molar-refractivity contribution in [3.63, 3.8) is 0 Å². The first-order valence-corrected chi connectivity index (χ1v) is 7.90. The minimum absolute atomic E-state index is 0.187. The molecule has 2 nitrogen and oxygen atoms in total. The van der Waals surface area contributed by atoms with E-state index >= 15 is 0 Å². The van der Waals surface area contributed by atoms with Crippen LogP contribution in [0.1, 0.15) is 27.7 Å². The number of carbonyl (C=O) groups is 1. The zero-order valence-electron chi connectivity index (χ0n) is 10.0. The van der Waals surface area contributed by atoms with E-state index < -0.39 is 14.0 Å². The van der Waals surface area contributed by atoms with Gasteiger partial charge in [-0.3, -0.25) is 0 Å². The number of hydrogen-bond acceptors (Lipinski definition) is 2. The molecule has 0 aliphatic carbocycles. The van der Waals surface area contributed by atoms with E-state index in [1.54, 1.807) is 6.92 Å². The first-order valence-electron chi connectivity index (χ1n) is 4.90. The van der Waals surface area contributed by atoms with Gasteiger partial charge in [0.2, 0.25) is 0 Å². The predicted molar refractivity (Wildman–Crippen MR) is 61.6 cm³/mol. The molecule has 0 amide bonds. The molecule has 0 aliphatic heterocycles. The molecule has 0 N–H and O–H groups in total. The van der Waals surface area contributed by atoms with Crippen molar-refractivity contribution >= 4 is 14.0 Å². The summed E-state index contributed by atoms with van der Waals surface area (Å²) in [6.07, 6.45) is 0. The van der Waals surface area contributed by atoms with Crippen LogP contribution in [0.15, 0.2) is 0 Å². The molecule has 0 saturated carbocycles. The van der Waals surface area contributed by atoms with E-state index in [2.05, 4.69) is 45.3 Å². The first kappa shape index (κ1) is 13.2. The highest BCUT2D eigenvalue weighted by atomic mass is 28.3. The third-order valence-electron chi connectivity index (χ3n) is 2.63. The van der Waals surface area contributed by atoms with Gasteiger partial charge in [-0.15, -0.1) is 5.54 Å². The van der Waals surface area contributed by atoms with Gasteiger partial charge in [-0.25, -0.2) is 4.79 Å². The molecule has 0 heterocycles. The Hall–Kier alpha value is -0.753. The van der Waals surface area contributed by atoms with Gasteiger partial charge in [-0.1, -0.05) is 33.9 Å². The first-order chi connectivity index (χ1) is 6.20. The number of carbonyl (C=O) groups excluding carboxylic acids is 1. The summed E-state index contributed by atoms with van der Waals surface area (Å²) in [5.74, 6) is 2.18. The van der Waals surface area contributed by atoms with Crippen LogP contribution >= 0.6 is 0 Å². The van der Waals surface area contributed by atoms with Crippen molar-refractivity contribution in [3.8, 4) is 11.5 Å². The van der Waals surface area contributed by atoms with Crippen LogP contribution in [0.2, 0.25) is 18.1 Å². The van der Waals surface area contributed by atoms with Gasteiger partial charge in [0.05, 0.1) is 6.61 Å². The molecule has 0 saturated heterocycles. The van der Waals surface area contributed by atoms with Crippen LogP contribution in [0.3, 0.4) is 0 Å². The van der Waals surface area contributed by atoms with Gasteiger partial charge in [0, 0.05) is 5.92 Å². The van der Waals surface area contributed by atoms with Gasteiger partial charge in [-0.2, -0.15) is 0 Å². The zero-order chi connectivity index (χ0) is 11.4. The molecule has 0 unspecified atom stereocenters. The summed E-state index contributed by atoms with van der Waals surface area (Å²) in [6, 6.07) is 0. The van der Waals surface area contributed by atoms with Crippen LogP contribution in [-0.4, -0.2) is 20.7 Å². The van der Waals surface area contributed by atoms with E-state index in [0.717, 1.165) is 0 Å². The molecule has 0 fully saturated rings. The summed E-state index contributed by atoms with van der Waals surface area (Å²) in [6.45, 7) is 13.0. The lowest BCUT2D eigenvalue weighted by atomic mass is 10.2. The fourth-order valence-corrected chi connectivity index (χ4v) is 1.35. The molecular weight excluding hydrogens is 192 g/mol. The highest BCUT2D eigenvalue weighted by Gasteiger charge is 2.33.